The molecule has 0 amide bonds. The first-order valence-corrected chi connectivity index (χ1v) is 9.65. The molecule has 1 heterocycles. The molecular weight excluding hydrogens is 303 g/mol. The Morgan fingerprint density at radius 3 is 2.50 bits per heavy atom. The maximum Gasteiger partial charge on any atom is 0.211 e. The van der Waals surface area contributed by atoms with Gasteiger partial charge in [0.1, 0.15) is 5.67 Å². The minimum atomic E-state index is -3.19. The number of sulfonamides is 1. The fourth-order valence-electron chi connectivity index (χ4n) is 3.20. The van der Waals surface area contributed by atoms with Crippen molar-refractivity contribution in [2.45, 2.75) is 36.9 Å². The van der Waals surface area contributed by atoms with E-state index < -0.39 is 15.7 Å². The molecule has 0 radical (unpaired) electrons. The van der Waals surface area contributed by atoms with Gasteiger partial charge in [0.15, 0.2) is 0 Å². The fourth-order valence-corrected chi connectivity index (χ4v) is 4.04. The summed E-state index contributed by atoms with van der Waals surface area (Å²) in [5, 5.41) is 3.33. The lowest BCUT2D eigenvalue weighted by atomic mass is 9.94. The molecule has 2 fully saturated rings. The van der Waals surface area contributed by atoms with Crippen LogP contribution in [0.15, 0.2) is 30.3 Å². The zero-order valence-corrected chi connectivity index (χ0v) is 13.7. The molecule has 0 aromatic heterocycles. The summed E-state index contributed by atoms with van der Waals surface area (Å²) in [4.78, 5) is 0. The van der Waals surface area contributed by atoms with Gasteiger partial charge in [0.05, 0.1) is 6.26 Å². The summed E-state index contributed by atoms with van der Waals surface area (Å²) >= 11 is 0. The third-order valence-corrected chi connectivity index (χ3v) is 6.09. The monoisotopic (exact) mass is 326 g/mol. The average molecular weight is 326 g/mol. The van der Waals surface area contributed by atoms with Crippen molar-refractivity contribution in [1.82, 2.24) is 9.62 Å². The molecule has 22 heavy (non-hydrogen) atoms. The summed E-state index contributed by atoms with van der Waals surface area (Å²) < 4.78 is 39.1. The van der Waals surface area contributed by atoms with Gasteiger partial charge >= 0.3 is 0 Å². The third kappa shape index (κ3) is 3.67. The molecule has 1 aromatic rings. The standard InChI is InChI=1S/C16H23FN2O2S/c1-22(20,21)19-9-7-16(17,8-10-19)12-18-15-11-14(15)13-5-3-2-4-6-13/h2-6,14-15,18H,7-12H2,1H3. The topological polar surface area (TPSA) is 49.4 Å². The Hall–Kier alpha value is -0.980. The van der Waals surface area contributed by atoms with E-state index in [1.165, 1.54) is 16.1 Å². The summed E-state index contributed by atoms with van der Waals surface area (Å²) in [6, 6.07) is 10.6. The van der Waals surface area contributed by atoms with Crippen molar-refractivity contribution in [2.75, 3.05) is 25.9 Å². The Labute approximate surface area is 131 Å². The van der Waals surface area contributed by atoms with Crippen molar-refractivity contribution in [3.8, 4) is 0 Å². The van der Waals surface area contributed by atoms with Crippen molar-refractivity contribution in [3.63, 3.8) is 0 Å². The van der Waals surface area contributed by atoms with Crippen LogP contribution in [-0.2, 0) is 10.0 Å². The molecule has 0 bridgehead atoms. The normalized spacial score (nSPS) is 28.5. The highest BCUT2D eigenvalue weighted by Gasteiger charge is 2.42. The lowest BCUT2D eigenvalue weighted by Gasteiger charge is -2.35. The summed E-state index contributed by atoms with van der Waals surface area (Å²) in [6.45, 7) is 0.881. The minimum absolute atomic E-state index is 0.274. The predicted octanol–water partition coefficient (Wildman–Crippen LogP) is 1.90. The molecule has 1 aromatic carbocycles. The molecule has 6 heteroatoms. The lowest BCUT2D eigenvalue weighted by molar-refractivity contribution is 0.0873. The first kappa shape index (κ1) is 15.9. The van der Waals surface area contributed by atoms with E-state index in [1.807, 2.05) is 18.2 Å². The van der Waals surface area contributed by atoms with E-state index in [1.54, 1.807) is 0 Å². The van der Waals surface area contributed by atoms with E-state index >= 15 is 0 Å². The van der Waals surface area contributed by atoms with Gasteiger partial charge < -0.3 is 5.32 Å². The molecular formula is C16H23FN2O2S. The second-order valence-electron chi connectivity index (χ2n) is 6.55. The minimum Gasteiger partial charge on any atom is -0.310 e. The van der Waals surface area contributed by atoms with E-state index in [0.717, 1.165) is 6.42 Å². The number of hydrogen-bond donors (Lipinski definition) is 1. The number of nitrogens with zero attached hydrogens (tertiary/aromatic N) is 1. The van der Waals surface area contributed by atoms with Gasteiger partial charge in [-0.1, -0.05) is 30.3 Å². The maximum absolute atomic E-state index is 14.8. The van der Waals surface area contributed by atoms with Crippen LogP contribution in [0.25, 0.3) is 0 Å². The van der Waals surface area contributed by atoms with E-state index in [0.29, 0.717) is 18.5 Å². The van der Waals surface area contributed by atoms with Gasteiger partial charge in [0.25, 0.3) is 0 Å². The fraction of sp³-hybridized carbons (Fsp3) is 0.625. The van der Waals surface area contributed by atoms with Crippen LogP contribution in [0.1, 0.15) is 30.7 Å². The van der Waals surface area contributed by atoms with Crippen molar-refractivity contribution in [2.24, 2.45) is 0 Å². The molecule has 2 unspecified atom stereocenters. The Morgan fingerprint density at radius 2 is 1.91 bits per heavy atom. The van der Waals surface area contributed by atoms with Gasteiger partial charge in [-0.2, -0.15) is 0 Å². The summed E-state index contributed by atoms with van der Waals surface area (Å²) in [7, 11) is -3.19. The average Bonchev–Trinajstić information content (AvgIpc) is 3.25. The van der Waals surface area contributed by atoms with E-state index in [4.69, 9.17) is 0 Å². The van der Waals surface area contributed by atoms with Gasteiger partial charge in [0, 0.05) is 31.6 Å². The van der Waals surface area contributed by atoms with Crippen molar-refractivity contribution < 1.29 is 12.8 Å². The smallest absolute Gasteiger partial charge is 0.211 e. The number of alkyl halides is 1. The highest BCUT2D eigenvalue weighted by atomic mass is 32.2. The molecule has 4 nitrogen and oxygen atoms in total. The molecule has 1 saturated carbocycles. The van der Waals surface area contributed by atoms with Crippen molar-refractivity contribution >= 4 is 10.0 Å². The van der Waals surface area contributed by atoms with Crippen LogP contribution in [0.3, 0.4) is 0 Å². The Morgan fingerprint density at radius 1 is 1.27 bits per heavy atom. The number of hydrogen-bond acceptors (Lipinski definition) is 3. The van der Waals surface area contributed by atoms with Gasteiger partial charge in [-0.25, -0.2) is 17.1 Å². The van der Waals surface area contributed by atoms with E-state index in [9.17, 15) is 12.8 Å². The SMILES string of the molecule is CS(=O)(=O)N1CCC(F)(CNC2CC2c2ccccc2)CC1. The van der Waals surface area contributed by atoms with Crippen LogP contribution in [0.2, 0.25) is 0 Å². The Kier molecular flexibility index (Phi) is 4.27. The number of nitrogens with one attached hydrogen (secondary N) is 1. The van der Waals surface area contributed by atoms with E-state index in [2.05, 4.69) is 17.4 Å². The first-order valence-electron chi connectivity index (χ1n) is 7.80. The lowest BCUT2D eigenvalue weighted by Crippen LogP contribution is -2.49. The molecule has 1 aliphatic carbocycles. The quantitative estimate of drug-likeness (QED) is 0.899. The van der Waals surface area contributed by atoms with Crippen LogP contribution in [0.4, 0.5) is 4.39 Å². The van der Waals surface area contributed by atoms with Gasteiger partial charge in [-0.3, -0.25) is 0 Å². The number of piperidine rings is 1. The molecule has 3 rings (SSSR count). The van der Waals surface area contributed by atoms with Gasteiger partial charge in [0.2, 0.25) is 10.0 Å². The van der Waals surface area contributed by atoms with Crippen molar-refractivity contribution in [1.29, 1.82) is 0 Å². The zero-order chi connectivity index (χ0) is 15.8. The highest BCUT2D eigenvalue weighted by molar-refractivity contribution is 7.88. The molecule has 0 spiro atoms. The summed E-state index contributed by atoms with van der Waals surface area (Å²) in [5.74, 6) is 0.487. The summed E-state index contributed by atoms with van der Waals surface area (Å²) in [5.41, 5.74) is 0.0187. The van der Waals surface area contributed by atoms with E-state index in [-0.39, 0.29) is 25.9 Å². The third-order valence-electron chi connectivity index (χ3n) is 4.79. The zero-order valence-electron chi connectivity index (χ0n) is 12.8. The Bertz CT molecular complexity index is 612. The molecule has 2 atom stereocenters. The first-order chi connectivity index (χ1) is 10.4. The Balaban J connectivity index is 1.47. The maximum atomic E-state index is 14.8. The molecule has 1 aliphatic heterocycles. The second kappa shape index (κ2) is 5.91. The molecule has 1 N–H and O–H groups in total. The van der Waals surface area contributed by atoms with Crippen LogP contribution in [0.5, 0.6) is 0 Å². The van der Waals surface area contributed by atoms with Crippen molar-refractivity contribution in [3.05, 3.63) is 35.9 Å². The van der Waals surface area contributed by atoms with Crippen LogP contribution in [0, 0.1) is 0 Å². The number of rotatable bonds is 5. The predicted molar refractivity (Wildman–Crippen MR) is 85.1 cm³/mol. The summed E-state index contributed by atoms with van der Waals surface area (Å²) in [6.07, 6.45) is 2.78. The van der Waals surface area contributed by atoms with Crippen LogP contribution < -0.4 is 5.32 Å². The van der Waals surface area contributed by atoms with Crippen LogP contribution >= 0.6 is 0 Å². The molecule has 1 saturated heterocycles. The largest absolute Gasteiger partial charge is 0.310 e. The number of halogens is 1. The van der Waals surface area contributed by atoms with Gasteiger partial charge in [-0.15, -0.1) is 0 Å². The second-order valence-corrected chi connectivity index (χ2v) is 8.54. The molecule has 2 aliphatic rings. The highest BCUT2D eigenvalue weighted by Crippen LogP contribution is 2.41. The van der Waals surface area contributed by atoms with Crippen LogP contribution in [-0.4, -0.2) is 50.3 Å². The molecule has 122 valence electrons. The van der Waals surface area contributed by atoms with Gasteiger partial charge in [-0.05, 0) is 24.8 Å². The number of benzene rings is 1.